The molecule has 0 aliphatic rings. The molecule has 19 heavy (non-hydrogen) atoms. The van der Waals surface area contributed by atoms with Crippen LogP contribution >= 0.6 is 0 Å². The minimum atomic E-state index is -0.897. The Hall–Kier alpha value is -1.75. The number of rotatable bonds is 5. The van der Waals surface area contributed by atoms with Crippen molar-refractivity contribution >= 4 is 0 Å². The second-order valence-corrected chi connectivity index (χ2v) is 4.45. The third kappa shape index (κ3) is 3.17. The Bertz CT molecular complexity index is 554. The quantitative estimate of drug-likeness (QED) is 0.903. The summed E-state index contributed by atoms with van der Waals surface area (Å²) in [4.78, 5) is 0. The van der Waals surface area contributed by atoms with Gasteiger partial charge >= 0.3 is 0 Å². The van der Waals surface area contributed by atoms with E-state index in [1.54, 1.807) is 16.9 Å². The van der Waals surface area contributed by atoms with E-state index in [0.29, 0.717) is 11.3 Å². The molecule has 102 valence electrons. The molecular weight excluding hydrogens is 250 g/mol. The molecule has 1 heterocycles. The van der Waals surface area contributed by atoms with Crippen LogP contribution in [0.25, 0.3) is 0 Å². The van der Waals surface area contributed by atoms with E-state index in [-0.39, 0.29) is 6.42 Å². The number of hydrogen-bond acceptors (Lipinski definition) is 2. The molecule has 5 heteroatoms. The van der Waals surface area contributed by atoms with Crippen LogP contribution in [0.3, 0.4) is 0 Å². The van der Waals surface area contributed by atoms with Gasteiger partial charge < -0.3 is 5.11 Å². The van der Waals surface area contributed by atoms with Crippen molar-refractivity contribution < 1.29 is 13.9 Å². The normalized spacial score (nSPS) is 12.6. The highest BCUT2D eigenvalue weighted by Gasteiger charge is 2.14. The monoisotopic (exact) mass is 266 g/mol. The van der Waals surface area contributed by atoms with Gasteiger partial charge in [0, 0.05) is 19.2 Å². The van der Waals surface area contributed by atoms with Crippen molar-refractivity contribution in [2.24, 2.45) is 0 Å². The molecule has 0 bridgehead atoms. The lowest BCUT2D eigenvalue weighted by Crippen LogP contribution is -2.11. The first-order chi connectivity index (χ1) is 9.11. The highest BCUT2D eigenvalue weighted by Crippen LogP contribution is 2.19. The van der Waals surface area contributed by atoms with Gasteiger partial charge in [0.05, 0.1) is 11.8 Å². The number of hydrogen-bond donors (Lipinski definition) is 1. The lowest BCUT2D eigenvalue weighted by molar-refractivity contribution is 0.166. The van der Waals surface area contributed by atoms with Gasteiger partial charge in [-0.1, -0.05) is 13.0 Å². The van der Waals surface area contributed by atoms with Gasteiger partial charge in [-0.2, -0.15) is 5.10 Å². The third-order valence-electron chi connectivity index (χ3n) is 2.94. The molecule has 0 amide bonds. The molecule has 0 saturated heterocycles. The van der Waals surface area contributed by atoms with Crippen LogP contribution in [0.4, 0.5) is 8.78 Å². The van der Waals surface area contributed by atoms with Crippen molar-refractivity contribution in [1.29, 1.82) is 0 Å². The molecule has 1 N–H and O–H groups in total. The molecule has 2 rings (SSSR count). The third-order valence-corrected chi connectivity index (χ3v) is 2.94. The molecule has 1 unspecified atom stereocenters. The number of aliphatic hydroxyl groups is 1. The highest BCUT2D eigenvalue weighted by atomic mass is 19.2. The highest BCUT2D eigenvalue weighted by molar-refractivity contribution is 5.20. The van der Waals surface area contributed by atoms with Crippen molar-refractivity contribution in [3.8, 4) is 0 Å². The van der Waals surface area contributed by atoms with Crippen LogP contribution in [-0.4, -0.2) is 14.9 Å². The van der Waals surface area contributed by atoms with Crippen LogP contribution in [0, 0.1) is 11.6 Å². The number of aromatic nitrogens is 2. The molecule has 0 fully saturated rings. The SMILES string of the molecule is CCCn1nccc1C(O)Cc1ccc(F)c(F)c1. The molecule has 0 saturated carbocycles. The van der Waals surface area contributed by atoms with Crippen LogP contribution in [0.5, 0.6) is 0 Å². The van der Waals surface area contributed by atoms with Gasteiger partial charge in [0.25, 0.3) is 0 Å². The zero-order valence-electron chi connectivity index (χ0n) is 10.7. The lowest BCUT2D eigenvalue weighted by atomic mass is 10.1. The topological polar surface area (TPSA) is 38.0 Å². The first kappa shape index (κ1) is 13.7. The molecular formula is C14H16F2N2O. The van der Waals surface area contributed by atoms with E-state index < -0.39 is 17.7 Å². The van der Waals surface area contributed by atoms with Crippen molar-refractivity contribution in [1.82, 2.24) is 9.78 Å². The molecule has 0 spiro atoms. The second kappa shape index (κ2) is 5.93. The zero-order valence-corrected chi connectivity index (χ0v) is 10.7. The molecule has 1 aromatic heterocycles. The number of benzene rings is 1. The van der Waals surface area contributed by atoms with Crippen LogP contribution in [0.1, 0.15) is 30.7 Å². The number of nitrogens with zero attached hydrogens (tertiary/aromatic N) is 2. The molecule has 0 aliphatic carbocycles. The average Bonchev–Trinajstić information content (AvgIpc) is 2.83. The number of halogens is 2. The summed E-state index contributed by atoms with van der Waals surface area (Å²) in [5.74, 6) is -1.78. The van der Waals surface area contributed by atoms with Crippen molar-refractivity contribution in [3.05, 3.63) is 53.4 Å². The Morgan fingerprint density at radius 2 is 2.05 bits per heavy atom. The van der Waals surface area contributed by atoms with E-state index in [0.717, 1.165) is 25.1 Å². The van der Waals surface area contributed by atoms with E-state index in [2.05, 4.69) is 5.10 Å². The number of aryl methyl sites for hydroxylation is 1. The zero-order chi connectivity index (χ0) is 13.8. The Kier molecular flexibility index (Phi) is 4.27. The van der Waals surface area contributed by atoms with Gasteiger partial charge in [-0.05, 0) is 30.2 Å². The summed E-state index contributed by atoms with van der Waals surface area (Å²) in [6.45, 7) is 2.74. The Labute approximate surface area is 110 Å². The van der Waals surface area contributed by atoms with E-state index >= 15 is 0 Å². The second-order valence-electron chi connectivity index (χ2n) is 4.45. The minimum absolute atomic E-state index is 0.229. The molecule has 2 aromatic rings. The summed E-state index contributed by atoms with van der Waals surface area (Å²) >= 11 is 0. The average molecular weight is 266 g/mol. The summed E-state index contributed by atoms with van der Waals surface area (Å²) in [7, 11) is 0. The summed E-state index contributed by atoms with van der Waals surface area (Å²) < 4.78 is 27.6. The van der Waals surface area contributed by atoms with E-state index in [9.17, 15) is 13.9 Å². The maximum atomic E-state index is 13.1. The van der Waals surface area contributed by atoms with Gasteiger partial charge in [-0.15, -0.1) is 0 Å². The van der Waals surface area contributed by atoms with Gasteiger partial charge in [0.15, 0.2) is 11.6 Å². The van der Waals surface area contributed by atoms with Crippen molar-refractivity contribution in [3.63, 3.8) is 0 Å². The Balaban J connectivity index is 2.13. The standard InChI is InChI=1S/C14H16F2N2O/c1-2-7-18-13(5-6-17-18)14(19)9-10-3-4-11(15)12(16)8-10/h3-6,8,14,19H,2,7,9H2,1H3. The van der Waals surface area contributed by atoms with Crippen LogP contribution < -0.4 is 0 Å². The molecule has 1 aromatic carbocycles. The fourth-order valence-corrected chi connectivity index (χ4v) is 2.02. The Morgan fingerprint density at radius 1 is 1.26 bits per heavy atom. The maximum absolute atomic E-state index is 13.1. The van der Waals surface area contributed by atoms with Crippen LogP contribution in [0.15, 0.2) is 30.5 Å². The van der Waals surface area contributed by atoms with Gasteiger partial charge in [-0.25, -0.2) is 8.78 Å². The van der Waals surface area contributed by atoms with Gasteiger partial charge in [0.2, 0.25) is 0 Å². The van der Waals surface area contributed by atoms with Crippen molar-refractivity contribution in [2.75, 3.05) is 0 Å². The van der Waals surface area contributed by atoms with Gasteiger partial charge in [-0.3, -0.25) is 4.68 Å². The maximum Gasteiger partial charge on any atom is 0.159 e. The van der Waals surface area contributed by atoms with Crippen LogP contribution in [-0.2, 0) is 13.0 Å². The molecule has 0 aliphatic heterocycles. The van der Waals surface area contributed by atoms with Crippen molar-refractivity contribution in [2.45, 2.75) is 32.4 Å². The predicted octanol–water partition coefficient (Wildman–Crippen LogP) is 2.85. The fraction of sp³-hybridized carbons (Fsp3) is 0.357. The van der Waals surface area contributed by atoms with Crippen LogP contribution in [0.2, 0.25) is 0 Å². The molecule has 1 atom stereocenters. The summed E-state index contributed by atoms with van der Waals surface area (Å²) in [5, 5.41) is 14.3. The summed E-state index contributed by atoms with van der Waals surface area (Å²) in [6, 6.07) is 5.39. The first-order valence-electron chi connectivity index (χ1n) is 6.25. The predicted molar refractivity (Wildman–Crippen MR) is 67.5 cm³/mol. The first-order valence-corrected chi connectivity index (χ1v) is 6.25. The van der Waals surface area contributed by atoms with E-state index in [1.807, 2.05) is 6.92 Å². The summed E-state index contributed by atoms with van der Waals surface area (Å²) in [6.07, 6.45) is 1.98. The fourth-order valence-electron chi connectivity index (χ4n) is 2.02. The van der Waals surface area contributed by atoms with E-state index in [4.69, 9.17) is 0 Å². The Morgan fingerprint density at radius 3 is 2.74 bits per heavy atom. The summed E-state index contributed by atoms with van der Waals surface area (Å²) in [5.41, 5.74) is 1.24. The smallest absolute Gasteiger partial charge is 0.159 e. The van der Waals surface area contributed by atoms with E-state index in [1.165, 1.54) is 6.07 Å². The largest absolute Gasteiger partial charge is 0.386 e. The lowest BCUT2D eigenvalue weighted by Gasteiger charge is -2.13. The molecule has 3 nitrogen and oxygen atoms in total. The number of aliphatic hydroxyl groups excluding tert-OH is 1. The minimum Gasteiger partial charge on any atom is -0.386 e. The van der Waals surface area contributed by atoms with Gasteiger partial charge in [0.1, 0.15) is 0 Å². The molecule has 0 radical (unpaired) electrons.